The van der Waals surface area contributed by atoms with Gasteiger partial charge in [0.2, 0.25) is 0 Å². The second-order valence-corrected chi connectivity index (χ2v) is 4.65. The van der Waals surface area contributed by atoms with Crippen molar-refractivity contribution in [3.8, 4) is 0 Å². The van der Waals surface area contributed by atoms with Crippen LogP contribution >= 0.6 is 27.5 Å². The minimum absolute atomic E-state index is 0.00794. The van der Waals surface area contributed by atoms with E-state index >= 15 is 0 Å². The van der Waals surface area contributed by atoms with Crippen LogP contribution in [0, 0.1) is 5.82 Å². The molecule has 1 aromatic carbocycles. The standard InChI is InChI=1S/C12H7BrClFN2O/c13-11-3-1-2-10(17-11)12(18)16-7-4-5-8(14)9(15)6-7/h1-6H,(H,16,18). The minimum Gasteiger partial charge on any atom is -0.321 e. The average molecular weight is 330 g/mol. The first kappa shape index (κ1) is 13.0. The highest BCUT2D eigenvalue weighted by atomic mass is 79.9. The summed E-state index contributed by atoms with van der Waals surface area (Å²) in [5, 5.41) is 2.54. The maximum atomic E-state index is 13.2. The van der Waals surface area contributed by atoms with Gasteiger partial charge in [0.1, 0.15) is 16.1 Å². The zero-order valence-electron chi connectivity index (χ0n) is 8.95. The number of aromatic nitrogens is 1. The molecule has 0 unspecified atom stereocenters. The highest BCUT2D eigenvalue weighted by molar-refractivity contribution is 9.10. The van der Waals surface area contributed by atoms with Gasteiger partial charge in [0.25, 0.3) is 5.91 Å². The molecule has 0 atom stereocenters. The molecule has 1 amide bonds. The lowest BCUT2D eigenvalue weighted by atomic mass is 10.3. The van der Waals surface area contributed by atoms with Crippen molar-refractivity contribution in [2.24, 2.45) is 0 Å². The van der Waals surface area contributed by atoms with E-state index in [1.54, 1.807) is 18.2 Å². The zero-order valence-corrected chi connectivity index (χ0v) is 11.3. The van der Waals surface area contributed by atoms with Crippen molar-refractivity contribution < 1.29 is 9.18 Å². The van der Waals surface area contributed by atoms with Gasteiger partial charge in [-0.15, -0.1) is 0 Å². The highest BCUT2D eigenvalue weighted by Gasteiger charge is 2.09. The van der Waals surface area contributed by atoms with E-state index in [2.05, 4.69) is 26.2 Å². The Labute approximate surface area is 116 Å². The van der Waals surface area contributed by atoms with Crippen LogP contribution in [0.15, 0.2) is 41.0 Å². The molecule has 18 heavy (non-hydrogen) atoms. The molecule has 0 radical (unpaired) electrons. The number of benzene rings is 1. The molecular weight excluding hydrogens is 322 g/mol. The van der Waals surface area contributed by atoms with E-state index in [1.165, 1.54) is 12.1 Å². The van der Waals surface area contributed by atoms with Gasteiger partial charge in [-0.25, -0.2) is 9.37 Å². The number of hydrogen-bond donors (Lipinski definition) is 1. The van der Waals surface area contributed by atoms with Gasteiger partial charge in [-0.1, -0.05) is 17.7 Å². The van der Waals surface area contributed by atoms with Crippen LogP contribution in [0.5, 0.6) is 0 Å². The van der Waals surface area contributed by atoms with Crippen molar-refractivity contribution in [1.29, 1.82) is 0 Å². The Bertz CT molecular complexity index is 606. The van der Waals surface area contributed by atoms with E-state index < -0.39 is 11.7 Å². The molecule has 92 valence electrons. The summed E-state index contributed by atoms with van der Waals surface area (Å²) in [6.07, 6.45) is 0. The van der Waals surface area contributed by atoms with E-state index in [9.17, 15) is 9.18 Å². The Morgan fingerprint density at radius 1 is 1.33 bits per heavy atom. The summed E-state index contributed by atoms with van der Waals surface area (Å²) in [7, 11) is 0. The fourth-order valence-electron chi connectivity index (χ4n) is 1.30. The van der Waals surface area contributed by atoms with Crippen molar-refractivity contribution in [1.82, 2.24) is 4.98 Å². The number of rotatable bonds is 2. The van der Waals surface area contributed by atoms with Crippen LogP contribution in [-0.2, 0) is 0 Å². The topological polar surface area (TPSA) is 42.0 Å². The fraction of sp³-hybridized carbons (Fsp3) is 0. The average Bonchev–Trinajstić information content (AvgIpc) is 2.34. The third-order valence-electron chi connectivity index (χ3n) is 2.13. The van der Waals surface area contributed by atoms with Gasteiger partial charge in [0, 0.05) is 5.69 Å². The lowest BCUT2D eigenvalue weighted by Crippen LogP contribution is -2.13. The van der Waals surface area contributed by atoms with Gasteiger partial charge < -0.3 is 5.32 Å². The second kappa shape index (κ2) is 5.46. The predicted molar refractivity (Wildman–Crippen MR) is 71.3 cm³/mol. The fourth-order valence-corrected chi connectivity index (χ4v) is 1.76. The van der Waals surface area contributed by atoms with Gasteiger partial charge in [0.15, 0.2) is 0 Å². The van der Waals surface area contributed by atoms with E-state index in [4.69, 9.17) is 11.6 Å². The van der Waals surface area contributed by atoms with Gasteiger partial charge >= 0.3 is 0 Å². The van der Waals surface area contributed by atoms with E-state index in [0.29, 0.717) is 10.3 Å². The van der Waals surface area contributed by atoms with Crippen molar-refractivity contribution >= 4 is 39.1 Å². The summed E-state index contributed by atoms with van der Waals surface area (Å²) in [6.45, 7) is 0. The van der Waals surface area contributed by atoms with Crippen LogP contribution in [0.25, 0.3) is 0 Å². The molecule has 0 fully saturated rings. The monoisotopic (exact) mass is 328 g/mol. The molecule has 0 aliphatic rings. The SMILES string of the molecule is O=C(Nc1ccc(Cl)c(F)c1)c1cccc(Br)n1. The molecular formula is C12H7BrClFN2O. The third-order valence-corrected chi connectivity index (χ3v) is 2.87. The quantitative estimate of drug-likeness (QED) is 0.849. The first-order chi connectivity index (χ1) is 8.56. The predicted octanol–water partition coefficient (Wildman–Crippen LogP) is 3.89. The van der Waals surface area contributed by atoms with Crippen LogP contribution in [0.3, 0.4) is 0 Å². The van der Waals surface area contributed by atoms with Crippen LogP contribution in [0.2, 0.25) is 5.02 Å². The van der Waals surface area contributed by atoms with Crippen LogP contribution in [0.4, 0.5) is 10.1 Å². The van der Waals surface area contributed by atoms with Gasteiger partial charge in [0.05, 0.1) is 5.02 Å². The number of pyridine rings is 1. The molecule has 1 heterocycles. The van der Waals surface area contributed by atoms with Gasteiger partial charge in [-0.05, 0) is 46.3 Å². The third kappa shape index (κ3) is 3.05. The molecule has 2 rings (SSSR count). The van der Waals surface area contributed by atoms with E-state index in [-0.39, 0.29) is 10.7 Å². The molecule has 0 aliphatic carbocycles. The molecule has 6 heteroatoms. The molecule has 3 nitrogen and oxygen atoms in total. The minimum atomic E-state index is -0.586. The molecule has 0 saturated heterocycles. The highest BCUT2D eigenvalue weighted by Crippen LogP contribution is 2.19. The smallest absolute Gasteiger partial charge is 0.274 e. The maximum absolute atomic E-state index is 13.2. The number of carbonyl (C=O) groups excluding carboxylic acids is 1. The van der Waals surface area contributed by atoms with E-state index in [1.807, 2.05) is 0 Å². The molecule has 2 aromatic rings. The number of nitrogens with zero attached hydrogens (tertiary/aromatic N) is 1. The summed E-state index contributed by atoms with van der Waals surface area (Å²) in [5.41, 5.74) is 0.559. The number of halogens is 3. The van der Waals surface area contributed by atoms with Gasteiger partial charge in [-0.2, -0.15) is 0 Å². The Hall–Kier alpha value is -1.46. The Morgan fingerprint density at radius 2 is 2.11 bits per heavy atom. The number of amides is 1. The molecule has 0 spiro atoms. The summed E-state index contributed by atoms with van der Waals surface area (Å²) in [4.78, 5) is 15.8. The number of hydrogen-bond acceptors (Lipinski definition) is 2. The summed E-state index contributed by atoms with van der Waals surface area (Å²) in [5.74, 6) is -1.00. The van der Waals surface area contributed by atoms with Crippen LogP contribution in [-0.4, -0.2) is 10.9 Å². The first-order valence-corrected chi connectivity index (χ1v) is 6.12. The second-order valence-electron chi connectivity index (χ2n) is 3.43. The van der Waals surface area contributed by atoms with Crippen molar-refractivity contribution in [2.45, 2.75) is 0 Å². The first-order valence-electron chi connectivity index (χ1n) is 4.95. The number of nitrogens with one attached hydrogen (secondary N) is 1. The molecule has 1 N–H and O–H groups in total. The van der Waals surface area contributed by atoms with Crippen LogP contribution in [0.1, 0.15) is 10.5 Å². The van der Waals surface area contributed by atoms with Crippen molar-refractivity contribution in [2.75, 3.05) is 5.32 Å². The Balaban J connectivity index is 2.18. The van der Waals surface area contributed by atoms with E-state index in [0.717, 1.165) is 6.07 Å². The summed E-state index contributed by atoms with van der Waals surface area (Å²) in [6, 6.07) is 9.00. The molecule has 0 bridgehead atoms. The molecule has 1 aromatic heterocycles. The Morgan fingerprint density at radius 3 is 2.78 bits per heavy atom. The lowest BCUT2D eigenvalue weighted by Gasteiger charge is -2.05. The summed E-state index contributed by atoms with van der Waals surface area (Å²) >= 11 is 8.72. The zero-order chi connectivity index (χ0) is 13.1. The van der Waals surface area contributed by atoms with Crippen molar-refractivity contribution in [3.05, 3.63) is 57.5 Å². The largest absolute Gasteiger partial charge is 0.321 e. The van der Waals surface area contributed by atoms with Crippen molar-refractivity contribution in [3.63, 3.8) is 0 Å². The maximum Gasteiger partial charge on any atom is 0.274 e. The summed E-state index contributed by atoms with van der Waals surface area (Å²) < 4.78 is 13.7. The number of carbonyl (C=O) groups is 1. The lowest BCUT2D eigenvalue weighted by molar-refractivity contribution is 0.102. The van der Waals surface area contributed by atoms with Crippen LogP contribution < -0.4 is 5.32 Å². The van der Waals surface area contributed by atoms with Gasteiger partial charge in [-0.3, -0.25) is 4.79 Å². The number of anilines is 1. The Kier molecular flexibility index (Phi) is 3.93. The normalized spacial score (nSPS) is 10.2. The molecule has 0 saturated carbocycles. The molecule has 0 aliphatic heterocycles.